The second-order valence-corrected chi connectivity index (χ2v) is 10.7. The maximum Gasteiger partial charge on any atom is 0.254 e. The first-order chi connectivity index (χ1) is 19.9. The van der Waals surface area contributed by atoms with Crippen molar-refractivity contribution in [3.8, 4) is 0 Å². The second-order valence-electron chi connectivity index (χ2n) is 10.7. The summed E-state index contributed by atoms with van der Waals surface area (Å²) >= 11 is 0. The first kappa shape index (κ1) is 28.3. The number of anilines is 2. The van der Waals surface area contributed by atoms with E-state index in [9.17, 15) is 23.2 Å². The predicted octanol–water partition coefficient (Wildman–Crippen LogP) is 5.08. The number of rotatable bonds is 8. The van der Waals surface area contributed by atoms with Crippen LogP contribution in [-0.2, 0) is 16.1 Å². The van der Waals surface area contributed by atoms with Crippen molar-refractivity contribution < 1.29 is 23.2 Å². The molecule has 1 aliphatic heterocycles. The standard InChI is InChI=1S/C32H34F2N4O3/c33-26-10-8-23(9-11-26)21-38(31(40)24-4-1-2-5-24)22-30(39)35-28-12-14-29(15-13-28)36-16-18-37(19-17-36)32(41)25-6-3-7-27(34)20-25/h3,6-15,20,24H,1-2,4-5,16-19,21-22H2,(H,35,39). The van der Waals surface area contributed by atoms with Crippen LogP contribution in [0.4, 0.5) is 20.2 Å². The first-order valence-electron chi connectivity index (χ1n) is 14.1. The number of hydrogen-bond acceptors (Lipinski definition) is 4. The van der Waals surface area contributed by atoms with Gasteiger partial charge in [0.1, 0.15) is 18.2 Å². The van der Waals surface area contributed by atoms with Crippen LogP contribution < -0.4 is 10.2 Å². The molecule has 1 N–H and O–H groups in total. The van der Waals surface area contributed by atoms with E-state index in [0.29, 0.717) is 37.4 Å². The lowest BCUT2D eigenvalue weighted by Crippen LogP contribution is -2.48. The van der Waals surface area contributed by atoms with Crippen LogP contribution in [0.15, 0.2) is 72.8 Å². The maximum atomic E-state index is 13.5. The summed E-state index contributed by atoms with van der Waals surface area (Å²) in [7, 11) is 0. The average molecular weight is 561 g/mol. The smallest absolute Gasteiger partial charge is 0.254 e. The molecule has 0 atom stereocenters. The molecule has 1 saturated carbocycles. The molecule has 0 radical (unpaired) electrons. The molecule has 0 unspecified atom stereocenters. The van der Waals surface area contributed by atoms with Gasteiger partial charge >= 0.3 is 0 Å². The van der Waals surface area contributed by atoms with Gasteiger partial charge < -0.3 is 20.0 Å². The molecule has 3 aromatic rings. The number of hydrogen-bond donors (Lipinski definition) is 1. The molecule has 0 bridgehead atoms. The van der Waals surface area contributed by atoms with Crippen LogP contribution in [-0.4, -0.2) is 60.2 Å². The fraction of sp³-hybridized carbons (Fsp3) is 0.344. The monoisotopic (exact) mass is 560 g/mol. The highest BCUT2D eigenvalue weighted by Crippen LogP contribution is 2.27. The maximum absolute atomic E-state index is 13.5. The van der Waals surface area contributed by atoms with Gasteiger partial charge in [-0.2, -0.15) is 0 Å². The molecule has 0 aromatic heterocycles. The van der Waals surface area contributed by atoms with Crippen molar-refractivity contribution >= 4 is 29.1 Å². The van der Waals surface area contributed by atoms with E-state index >= 15 is 0 Å². The van der Waals surface area contributed by atoms with Gasteiger partial charge in [0.15, 0.2) is 0 Å². The van der Waals surface area contributed by atoms with Gasteiger partial charge in [-0.3, -0.25) is 14.4 Å². The minimum Gasteiger partial charge on any atom is -0.368 e. The number of piperazine rings is 1. The number of halogens is 2. The van der Waals surface area contributed by atoms with Crippen molar-refractivity contribution in [1.29, 1.82) is 0 Å². The molecular formula is C32H34F2N4O3. The molecule has 3 aromatic carbocycles. The van der Waals surface area contributed by atoms with E-state index in [2.05, 4.69) is 10.2 Å². The van der Waals surface area contributed by atoms with Crippen LogP contribution >= 0.6 is 0 Å². The summed E-state index contributed by atoms with van der Waals surface area (Å²) in [6.45, 7) is 2.47. The van der Waals surface area contributed by atoms with Crippen LogP contribution in [0.5, 0.6) is 0 Å². The molecule has 41 heavy (non-hydrogen) atoms. The van der Waals surface area contributed by atoms with E-state index in [1.165, 1.54) is 30.3 Å². The molecule has 0 spiro atoms. The highest BCUT2D eigenvalue weighted by molar-refractivity contribution is 5.95. The van der Waals surface area contributed by atoms with Gasteiger partial charge in [-0.15, -0.1) is 0 Å². The van der Waals surface area contributed by atoms with Crippen molar-refractivity contribution in [2.75, 3.05) is 42.9 Å². The first-order valence-corrected chi connectivity index (χ1v) is 14.1. The number of carbonyl (C=O) groups excluding carboxylic acids is 3. The third-order valence-electron chi connectivity index (χ3n) is 7.79. The van der Waals surface area contributed by atoms with E-state index in [4.69, 9.17) is 0 Å². The summed E-state index contributed by atoms with van der Waals surface area (Å²) in [5.41, 5.74) is 2.70. The Balaban J connectivity index is 1.16. The Morgan fingerprint density at radius 2 is 1.51 bits per heavy atom. The topological polar surface area (TPSA) is 73.0 Å². The third kappa shape index (κ3) is 7.28. The third-order valence-corrected chi connectivity index (χ3v) is 7.79. The number of carbonyl (C=O) groups is 3. The lowest BCUT2D eigenvalue weighted by atomic mass is 10.1. The summed E-state index contributed by atoms with van der Waals surface area (Å²) in [5.74, 6) is -1.36. The Kier molecular flexibility index (Phi) is 8.91. The van der Waals surface area contributed by atoms with Crippen LogP contribution in [0.2, 0.25) is 0 Å². The summed E-state index contributed by atoms with van der Waals surface area (Å²) in [6, 6.07) is 19.2. The average Bonchev–Trinajstić information content (AvgIpc) is 3.53. The van der Waals surface area contributed by atoms with Crippen LogP contribution in [0, 0.1) is 17.6 Å². The van der Waals surface area contributed by atoms with E-state index in [-0.39, 0.29) is 42.5 Å². The normalized spacial score (nSPS) is 15.6. The summed E-state index contributed by atoms with van der Waals surface area (Å²) in [5, 5.41) is 2.89. The van der Waals surface area contributed by atoms with Crippen molar-refractivity contribution in [1.82, 2.24) is 9.80 Å². The quantitative estimate of drug-likeness (QED) is 0.417. The van der Waals surface area contributed by atoms with Crippen LogP contribution in [0.25, 0.3) is 0 Å². The molecule has 1 aliphatic carbocycles. The van der Waals surface area contributed by atoms with Crippen molar-refractivity contribution in [2.45, 2.75) is 32.2 Å². The van der Waals surface area contributed by atoms with Crippen molar-refractivity contribution in [2.24, 2.45) is 5.92 Å². The van der Waals surface area contributed by atoms with Gasteiger partial charge in [-0.05, 0) is 73.0 Å². The largest absolute Gasteiger partial charge is 0.368 e. The van der Waals surface area contributed by atoms with Gasteiger partial charge in [0.25, 0.3) is 5.91 Å². The Bertz CT molecular complexity index is 1370. The fourth-order valence-electron chi connectivity index (χ4n) is 5.55. The van der Waals surface area contributed by atoms with Gasteiger partial charge in [0.2, 0.25) is 11.8 Å². The minimum atomic E-state index is -0.428. The number of benzene rings is 3. The van der Waals surface area contributed by atoms with E-state index < -0.39 is 5.82 Å². The van der Waals surface area contributed by atoms with Crippen LogP contribution in [0.3, 0.4) is 0 Å². The fourth-order valence-corrected chi connectivity index (χ4v) is 5.55. The predicted molar refractivity (Wildman–Crippen MR) is 153 cm³/mol. The highest BCUT2D eigenvalue weighted by Gasteiger charge is 2.29. The highest BCUT2D eigenvalue weighted by atomic mass is 19.1. The van der Waals surface area contributed by atoms with Gasteiger partial charge in [-0.25, -0.2) is 8.78 Å². The molecule has 9 heteroatoms. The van der Waals surface area contributed by atoms with E-state index in [1.54, 1.807) is 28.0 Å². The molecule has 2 aliphatic rings. The van der Waals surface area contributed by atoms with Crippen LogP contribution in [0.1, 0.15) is 41.6 Å². The number of nitrogens with zero attached hydrogens (tertiary/aromatic N) is 3. The lowest BCUT2D eigenvalue weighted by Gasteiger charge is -2.36. The zero-order valence-corrected chi connectivity index (χ0v) is 22.9. The molecule has 2 fully saturated rings. The summed E-state index contributed by atoms with van der Waals surface area (Å²) in [4.78, 5) is 44.3. The Morgan fingerprint density at radius 3 is 2.17 bits per heavy atom. The van der Waals surface area contributed by atoms with Crippen molar-refractivity contribution in [3.63, 3.8) is 0 Å². The zero-order chi connectivity index (χ0) is 28.8. The second kappa shape index (κ2) is 12.9. The molecule has 7 nitrogen and oxygen atoms in total. The molecule has 1 heterocycles. The summed E-state index contributed by atoms with van der Waals surface area (Å²) in [6.07, 6.45) is 3.68. The molecule has 1 saturated heterocycles. The summed E-state index contributed by atoms with van der Waals surface area (Å²) < 4.78 is 26.9. The molecule has 5 rings (SSSR count). The molecular weight excluding hydrogens is 526 g/mol. The molecule has 3 amide bonds. The Morgan fingerprint density at radius 1 is 0.829 bits per heavy atom. The Labute approximate surface area is 238 Å². The number of amides is 3. The Hall–Kier alpha value is -4.27. The molecule has 214 valence electrons. The zero-order valence-electron chi connectivity index (χ0n) is 22.9. The lowest BCUT2D eigenvalue weighted by molar-refractivity contribution is -0.138. The van der Waals surface area contributed by atoms with Gasteiger partial charge in [0, 0.05) is 55.6 Å². The number of nitrogens with one attached hydrogen (secondary N) is 1. The van der Waals surface area contributed by atoms with Gasteiger partial charge in [0.05, 0.1) is 0 Å². The SMILES string of the molecule is O=C(CN(Cc1ccc(F)cc1)C(=O)C1CCCC1)Nc1ccc(N2CCN(C(=O)c3cccc(F)c3)CC2)cc1. The van der Waals surface area contributed by atoms with Gasteiger partial charge in [-0.1, -0.05) is 31.0 Å². The van der Waals surface area contributed by atoms with Crippen molar-refractivity contribution in [3.05, 3.63) is 95.6 Å². The minimum absolute atomic E-state index is 0.0349. The van der Waals surface area contributed by atoms with E-state index in [1.807, 2.05) is 24.3 Å². The van der Waals surface area contributed by atoms with E-state index in [0.717, 1.165) is 36.9 Å².